The molecule has 0 saturated carbocycles. The summed E-state index contributed by atoms with van der Waals surface area (Å²) in [6, 6.07) is 38.6. The molecule has 0 aliphatic heterocycles. The summed E-state index contributed by atoms with van der Waals surface area (Å²) >= 11 is 3.19. The van der Waals surface area contributed by atoms with E-state index < -0.39 is 6.04 Å². The molecule has 0 radical (unpaired) electrons. The molecule has 1 N–H and O–H groups in total. The van der Waals surface area contributed by atoms with E-state index in [9.17, 15) is 14.4 Å². The van der Waals surface area contributed by atoms with E-state index >= 15 is 0 Å². The summed E-state index contributed by atoms with van der Waals surface area (Å²) in [5, 5.41) is 4.71. The molecule has 0 bridgehead atoms. The number of rotatable bonds is 17. The second-order valence-corrected chi connectivity index (χ2v) is 16.4. The smallest absolute Gasteiger partial charge is 0.252 e. The third-order valence-corrected chi connectivity index (χ3v) is 11.9. The normalized spacial score (nSPS) is 11.5. The van der Waals surface area contributed by atoms with E-state index in [2.05, 4.69) is 70.7 Å². The Balaban J connectivity index is 0.989. The Labute approximate surface area is 353 Å². The Kier molecular flexibility index (Phi) is 13.8. The Hall–Kier alpha value is -6.30. The average molecular weight is 819 g/mol. The molecule has 3 heterocycles. The van der Waals surface area contributed by atoms with Gasteiger partial charge in [-0.1, -0.05) is 123 Å². The molecule has 0 spiro atoms. The van der Waals surface area contributed by atoms with Gasteiger partial charge in [-0.2, -0.15) is 0 Å². The molecular weight excluding hydrogens is 773 g/mol. The number of amides is 3. The van der Waals surface area contributed by atoms with E-state index in [1.165, 1.54) is 0 Å². The van der Waals surface area contributed by atoms with Gasteiger partial charge in [0.05, 0.1) is 29.3 Å². The Morgan fingerprint density at radius 2 is 1.10 bits per heavy atom. The average Bonchev–Trinajstić information content (AvgIpc) is 3.96. The number of hydrogen-bond acceptors (Lipinski definition) is 8. The molecule has 7 aromatic rings. The van der Waals surface area contributed by atoms with E-state index in [1.54, 1.807) is 52.1 Å². The lowest BCUT2D eigenvalue weighted by atomic mass is 10.0. The lowest BCUT2D eigenvalue weighted by molar-refractivity contribution is -0.134. The summed E-state index contributed by atoms with van der Waals surface area (Å²) in [6.45, 7) is 6.18. The van der Waals surface area contributed by atoms with Gasteiger partial charge < -0.3 is 15.1 Å². The molecule has 0 fully saturated rings. The molecule has 9 nitrogen and oxygen atoms in total. The van der Waals surface area contributed by atoms with E-state index in [-0.39, 0.29) is 17.7 Å². The molecule has 1 atom stereocenters. The van der Waals surface area contributed by atoms with Gasteiger partial charge in [0.15, 0.2) is 0 Å². The summed E-state index contributed by atoms with van der Waals surface area (Å²) in [5.41, 5.74) is 6.51. The first-order chi connectivity index (χ1) is 28.9. The van der Waals surface area contributed by atoms with Gasteiger partial charge in [0.25, 0.3) is 5.91 Å². The minimum absolute atomic E-state index is 0.116. The number of thiazole rings is 2. The number of nitrogens with one attached hydrogen (secondary N) is 1. The van der Waals surface area contributed by atoms with Crippen molar-refractivity contribution < 1.29 is 14.4 Å². The molecule has 59 heavy (non-hydrogen) atoms. The SMILES string of the molecule is CCCN(Cc1ncc(-c2ccc(-c3ccc(-c4cnc(CN(CCC)C(=O)[C@@H](NC(=O)c5ccncc5)c5ccccc5)s4)cc3)cc2)s1)C(=O)Cc1ccccc1. The fraction of sp³-hybridized carbons (Fsp3) is 0.208. The minimum atomic E-state index is -0.854. The summed E-state index contributed by atoms with van der Waals surface area (Å²) in [4.78, 5) is 59.7. The minimum Gasteiger partial charge on any atom is -0.336 e. The lowest BCUT2D eigenvalue weighted by Gasteiger charge is -2.27. The van der Waals surface area contributed by atoms with Gasteiger partial charge in [-0.25, -0.2) is 9.97 Å². The number of carbonyl (C=O) groups excluding carboxylic acids is 3. The summed E-state index contributed by atoms with van der Waals surface area (Å²) in [6.07, 6.45) is 8.92. The van der Waals surface area contributed by atoms with Gasteiger partial charge in [-0.05, 0) is 58.4 Å². The molecule has 11 heteroatoms. The molecule has 0 saturated heterocycles. The van der Waals surface area contributed by atoms with Crippen LogP contribution in [-0.2, 0) is 29.1 Å². The van der Waals surface area contributed by atoms with Crippen molar-refractivity contribution in [3.05, 3.63) is 173 Å². The van der Waals surface area contributed by atoms with Crippen molar-refractivity contribution in [3.8, 4) is 32.0 Å². The highest BCUT2D eigenvalue weighted by atomic mass is 32.1. The van der Waals surface area contributed by atoms with E-state index in [1.807, 2.05) is 84.9 Å². The van der Waals surface area contributed by atoms with E-state index in [0.29, 0.717) is 43.7 Å². The van der Waals surface area contributed by atoms with Crippen LogP contribution in [0.5, 0.6) is 0 Å². The highest BCUT2D eigenvalue weighted by Crippen LogP contribution is 2.32. The van der Waals surface area contributed by atoms with Gasteiger partial charge >= 0.3 is 0 Å². The highest BCUT2D eigenvalue weighted by Gasteiger charge is 2.28. The van der Waals surface area contributed by atoms with Crippen molar-refractivity contribution in [1.82, 2.24) is 30.1 Å². The predicted molar refractivity (Wildman–Crippen MR) is 237 cm³/mol. The third-order valence-electron chi connectivity index (χ3n) is 9.88. The quantitative estimate of drug-likeness (QED) is 0.0981. The maximum absolute atomic E-state index is 14.2. The molecule has 3 aromatic heterocycles. The van der Waals surface area contributed by atoms with Gasteiger partial charge in [0.2, 0.25) is 11.8 Å². The van der Waals surface area contributed by atoms with Crippen LogP contribution in [0.3, 0.4) is 0 Å². The zero-order valence-electron chi connectivity index (χ0n) is 33.2. The van der Waals surface area contributed by atoms with Crippen molar-refractivity contribution in [2.45, 2.75) is 52.2 Å². The van der Waals surface area contributed by atoms with Crippen LogP contribution < -0.4 is 5.32 Å². The summed E-state index contributed by atoms with van der Waals surface area (Å²) < 4.78 is 0. The molecule has 3 amide bonds. The zero-order valence-corrected chi connectivity index (χ0v) is 34.8. The van der Waals surface area contributed by atoms with Crippen LogP contribution in [0.15, 0.2) is 146 Å². The number of hydrogen-bond donors (Lipinski definition) is 1. The number of aromatic nitrogens is 3. The van der Waals surface area contributed by atoms with Crippen molar-refractivity contribution in [2.24, 2.45) is 0 Å². The van der Waals surface area contributed by atoms with Crippen LogP contribution in [0.25, 0.3) is 32.0 Å². The monoisotopic (exact) mass is 818 g/mol. The topological polar surface area (TPSA) is 108 Å². The Bertz CT molecular complexity index is 2440. The molecule has 7 rings (SSSR count). The fourth-order valence-corrected chi connectivity index (χ4v) is 8.71. The van der Waals surface area contributed by atoms with Crippen molar-refractivity contribution in [1.29, 1.82) is 0 Å². The van der Waals surface area contributed by atoms with Gasteiger partial charge in [-0.3, -0.25) is 19.4 Å². The Morgan fingerprint density at radius 3 is 1.64 bits per heavy atom. The number of nitrogens with zero attached hydrogens (tertiary/aromatic N) is 5. The maximum atomic E-state index is 14.2. The first-order valence-electron chi connectivity index (χ1n) is 19.9. The third kappa shape index (κ3) is 10.6. The summed E-state index contributed by atoms with van der Waals surface area (Å²) in [5.74, 6) is -0.409. The van der Waals surface area contributed by atoms with Crippen LogP contribution in [0.4, 0.5) is 0 Å². The fourth-order valence-electron chi connectivity index (χ4n) is 6.83. The van der Waals surface area contributed by atoms with Crippen LogP contribution in [0, 0.1) is 0 Å². The van der Waals surface area contributed by atoms with E-state index in [0.717, 1.165) is 60.4 Å². The van der Waals surface area contributed by atoms with Gasteiger partial charge in [-0.15, -0.1) is 22.7 Å². The standard InChI is InChI=1S/C48H46N6O3S2/c1-3-27-53(45(55)29-34-11-7-5-8-12-34)32-43-50-30-41(58-43)37-19-15-35(16-20-37)36-17-21-38(22-18-36)42-31-51-44(59-42)33-54(28-4-2)48(57)46(39-13-9-6-10-14-39)52-47(56)40-23-25-49-26-24-40/h5-26,30-31,46H,3-4,27-29,32-33H2,1-2H3,(H,52,56)/t46-/m0/s1. The van der Waals surface area contributed by atoms with Gasteiger partial charge in [0, 0.05) is 43.4 Å². The second kappa shape index (κ2) is 19.9. The number of pyridine rings is 1. The van der Waals surface area contributed by atoms with Crippen LogP contribution in [0.1, 0.15) is 64.2 Å². The van der Waals surface area contributed by atoms with Crippen molar-refractivity contribution >= 4 is 40.4 Å². The first kappa shape index (κ1) is 40.9. The molecule has 4 aromatic carbocycles. The zero-order chi connectivity index (χ0) is 41.0. The first-order valence-corrected chi connectivity index (χ1v) is 21.5. The maximum Gasteiger partial charge on any atom is 0.252 e. The van der Waals surface area contributed by atoms with Crippen molar-refractivity contribution in [2.75, 3.05) is 13.1 Å². The van der Waals surface area contributed by atoms with Crippen LogP contribution >= 0.6 is 22.7 Å². The molecule has 0 unspecified atom stereocenters. The van der Waals surface area contributed by atoms with E-state index in [4.69, 9.17) is 4.98 Å². The van der Waals surface area contributed by atoms with Crippen molar-refractivity contribution in [3.63, 3.8) is 0 Å². The molecule has 0 aliphatic rings. The molecular formula is C48H46N6O3S2. The predicted octanol–water partition coefficient (Wildman–Crippen LogP) is 9.89. The second-order valence-electron chi connectivity index (χ2n) is 14.2. The number of benzene rings is 4. The summed E-state index contributed by atoms with van der Waals surface area (Å²) in [7, 11) is 0. The lowest BCUT2D eigenvalue weighted by Crippen LogP contribution is -2.43. The van der Waals surface area contributed by atoms with Crippen LogP contribution in [0.2, 0.25) is 0 Å². The molecule has 298 valence electrons. The highest BCUT2D eigenvalue weighted by molar-refractivity contribution is 7.15. The largest absolute Gasteiger partial charge is 0.336 e. The molecule has 0 aliphatic carbocycles. The van der Waals surface area contributed by atoms with Crippen LogP contribution in [-0.4, -0.2) is 55.6 Å². The van der Waals surface area contributed by atoms with Gasteiger partial charge in [0.1, 0.15) is 16.1 Å². The Morgan fingerprint density at radius 1 is 0.610 bits per heavy atom. The number of carbonyl (C=O) groups is 3.